The van der Waals surface area contributed by atoms with Gasteiger partial charge in [-0.05, 0) is 6.92 Å². The van der Waals surface area contributed by atoms with Crippen LogP contribution in [0.5, 0.6) is 0 Å². The van der Waals surface area contributed by atoms with E-state index in [-0.39, 0.29) is 6.04 Å². The fourth-order valence-corrected chi connectivity index (χ4v) is 0.640. The molecule has 0 amide bonds. The Kier molecular flexibility index (Phi) is 2.56. The van der Waals surface area contributed by atoms with E-state index in [1.165, 1.54) is 0 Å². The highest BCUT2D eigenvalue weighted by molar-refractivity contribution is 4.88. The van der Waals surface area contributed by atoms with Gasteiger partial charge in [-0.2, -0.15) is 4.98 Å². The average Bonchev–Trinajstić information content (AvgIpc) is 2.37. The zero-order valence-corrected chi connectivity index (χ0v) is 6.57. The number of rotatable bonds is 3. The molecule has 1 heterocycles. The lowest BCUT2D eigenvalue weighted by atomic mass is 10.4. The van der Waals surface area contributed by atoms with E-state index in [0.717, 1.165) is 0 Å². The minimum absolute atomic E-state index is 0.215. The summed E-state index contributed by atoms with van der Waals surface area (Å²) in [7, 11) is 1.57. The molecule has 0 saturated heterocycles. The maximum atomic E-state index is 5.49. The largest absolute Gasteiger partial charge is 0.377 e. The Balaban J connectivity index is 2.66. The van der Waals surface area contributed by atoms with Gasteiger partial charge in [-0.1, -0.05) is 5.16 Å². The Morgan fingerprint density at radius 2 is 2.45 bits per heavy atom. The summed E-state index contributed by atoms with van der Waals surface area (Å²) in [4.78, 5) is 3.97. The summed E-state index contributed by atoms with van der Waals surface area (Å²) in [5.41, 5.74) is 5.49. The average molecular weight is 157 g/mol. The van der Waals surface area contributed by atoms with Crippen LogP contribution in [0, 0.1) is 0 Å². The minimum Gasteiger partial charge on any atom is -0.377 e. The second-order valence-electron chi connectivity index (χ2n) is 2.27. The SMILES string of the molecule is COCc1noc([C@H](C)N)n1. The number of ether oxygens (including phenoxy) is 1. The molecule has 0 aromatic carbocycles. The first-order valence-corrected chi connectivity index (χ1v) is 3.31. The predicted octanol–water partition coefficient (Wildman–Crippen LogP) is 0.236. The molecule has 0 aliphatic carbocycles. The molecule has 0 unspecified atom stereocenters. The summed E-state index contributed by atoms with van der Waals surface area (Å²) in [6.45, 7) is 2.14. The zero-order chi connectivity index (χ0) is 8.27. The van der Waals surface area contributed by atoms with Gasteiger partial charge in [-0.15, -0.1) is 0 Å². The summed E-state index contributed by atoms with van der Waals surface area (Å²) in [6, 6.07) is -0.215. The molecule has 11 heavy (non-hydrogen) atoms. The Bertz CT molecular complexity index is 221. The van der Waals surface area contributed by atoms with Crippen LogP contribution in [0.2, 0.25) is 0 Å². The first kappa shape index (κ1) is 8.16. The van der Waals surface area contributed by atoms with Crippen LogP contribution in [0.4, 0.5) is 0 Å². The highest BCUT2D eigenvalue weighted by Crippen LogP contribution is 2.05. The Labute approximate surface area is 64.5 Å². The van der Waals surface area contributed by atoms with Gasteiger partial charge >= 0.3 is 0 Å². The maximum Gasteiger partial charge on any atom is 0.243 e. The number of methoxy groups -OCH3 is 1. The summed E-state index contributed by atoms with van der Waals surface area (Å²) >= 11 is 0. The van der Waals surface area contributed by atoms with E-state index >= 15 is 0 Å². The molecule has 2 N–H and O–H groups in total. The van der Waals surface area contributed by atoms with Gasteiger partial charge in [0, 0.05) is 7.11 Å². The van der Waals surface area contributed by atoms with Crippen molar-refractivity contribution in [3.05, 3.63) is 11.7 Å². The number of nitrogens with two attached hydrogens (primary N) is 1. The quantitative estimate of drug-likeness (QED) is 0.680. The van der Waals surface area contributed by atoms with Crippen molar-refractivity contribution in [2.24, 2.45) is 5.73 Å². The standard InChI is InChI=1S/C6H11N3O2/c1-4(7)6-8-5(3-10-2)9-11-6/h4H,3,7H2,1-2H3/t4-/m0/s1. The number of hydrogen-bond acceptors (Lipinski definition) is 5. The van der Waals surface area contributed by atoms with Crippen molar-refractivity contribution in [3.63, 3.8) is 0 Å². The second-order valence-corrected chi connectivity index (χ2v) is 2.27. The fraction of sp³-hybridized carbons (Fsp3) is 0.667. The normalized spacial score (nSPS) is 13.4. The third-order valence-electron chi connectivity index (χ3n) is 1.15. The third kappa shape index (κ3) is 1.99. The van der Waals surface area contributed by atoms with E-state index in [2.05, 4.69) is 10.1 Å². The Hall–Kier alpha value is -0.940. The molecule has 1 aromatic rings. The van der Waals surface area contributed by atoms with Gasteiger partial charge in [0.15, 0.2) is 5.82 Å². The van der Waals surface area contributed by atoms with E-state index in [9.17, 15) is 0 Å². The first-order valence-electron chi connectivity index (χ1n) is 3.31. The maximum absolute atomic E-state index is 5.49. The van der Waals surface area contributed by atoms with E-state index in [4.69, 9.17) is 15.0 Å². The molecule has 0 aliphatic heterocycles. The summed E-state index contributed by atoms with van der Waals surface area (Å²) in [6.07, 6.45) is 0. The minimum atomic E-state index is -0.215. The van der Waals surface area contributed by atoms with Crippen molar-refractivity contribution in [3.8, 4) is 0 Å². The third-order valence-corrected chi connectivity index (χ3v) is 1.15. The van der Waals surface area contributed by atoms with Gasteiger partial charge in [-0.3, -0.25) is 0 Å². The summed E-state index contributed by atoms with van der Waals surface area (Å²) in [5.74, 6) is 0.969. The highest BCUT2D eigenvalue weighted by Gasteiger charge is 2.08. The molecule has 5 heteroatoms. The van der Waals surface area contributed by atoms with Crippen LogP contribution in [-0.2, 0) is 11.3 Å². The van der Waals surface area contributed by atoms with Crippen molar-refractivity contribution >= 4 is 0 Å². The highest BCUT2D eigenvalue weighted by atomic mass is 16.5. The summed E-state index contributed by atoms with van der Waals surface area (Å²) in [5, 5.41) is 3.64. The number of nitrogens with zero attached hydrogens (tertiary/aromatic N) is 2. The Morgan fingerprint density at radius 3 is 2.91 bits per heavy atom. The lowest BCUT2D eigenvalue weighted by Crippen LogP contribution is -2.05. The van der Waals surface area contributed by atoms with Gasteiger partial charge in [0.2, 0.25) is 5.89 Å². The molecule has 0 aliphatic rings. The lowest BCUT2D eigenvalue weighted by Gasteiger charge is -1.92. The topological polar surface area (TPSA) is 74.2 Å². The van der Waals surface area contributed by atoms with Gasteiger partial charge in [0.1, 0.15) is 6.61 Å². The van der Waals surface area contributed by atoms with Crippen LogP contribution in [0.25, 0.3) is 0 Å². The van der Waals surface area contributed by atoms with Gasteiger partial charge < -0.3 is 15.0 Å². The molecule has 0 spiro atoms. The van der Waals surface area contributed by atoms with Crippen molar-refractivity contribution < 1.29 is 9.26 Å². The van der Waals surface area contributed by atoms with E-state index in [1.807, 2.05) is 0 Å². The molecule has 0 fully saturated rings. The molecule has 1 rings (SSSR count). The zero-order valence-electron chi connectivity index (χ0n) is 6.57. The van der Waals surface area contributed by atoms with Crippen LogP contribution in [0.1, 0.15) is 24.7 Å². The monoisotopic (exact) mass is 157 g/mol. The van der Waals surface area contributed by atoms with Gasteiger partial charge in [0.05, 0.1) is 6.04 Å². The van der Waals surface area contributed by atoms with Crippen LogP contribution in [-0.4, -0.2) is 17.3 Å². The number of aromatic nitrogens is 2. The molecule has 0 radical (unpaired) electrons. The smallest absolute Gasteiger partial charge is 0.243 e. The van der Waals surface area contributed by atoms with Crippen LogP contribution >= 0.6 is 0 Å². The number of hydrogen-bond donors (Lipinski definition) is 1. The van der Waals surface area contributed by atoms with Crippen LogP contribution < -0.4 is 5.73 Å². The second kappa shape index (κ2) is 3.45. The van der Waals surface area contributed by atoms with Crippen molar-refractivity contribution in [2.75, 3.05) is 7.11 Å². The molecule has 62 valence electrons. The first-order chi connectivity index (χ1) is 5.24. The molecule has 1 aromatic heterocycles. The van der Waals surface area contributed by atoms with Gasteiger partial charge in [-0.25, -0.2) is 0 Å². The van der Waals surface area contributed by atoms with Crippen molar-refractivity contribution in [1.82, 2.24) is 10.1 Å². The molecular weight excluding hydrogens is 146 g/mol. The molecule has 0 saturated carbocycles. The lowest BCUT2D eigenvalue weighted by molar-refractivity contribution is 0.174. The Morgan fingerprint density at radius 1 is 1.73 bits per heavy atom. The van der Waals surface area contributed by atoms with E-state index in [1.54, 1.807) is 14.0 Å². The fourth-order valence-electron chi connectivity index (χ4n) is 0.640. The van der Waals surface area contributed by atoms with Crippen LogP contribution in [0.3, 0.4) is 0 Å². The van der Waals surface area contributed by atoms with Crippen molar-refractivity contribution in [2.45, 2.75) is 19.6 Å². The van der Waals surface area contributed by atoms with E-state index in [0.29, 0.717) is 18.3 Å². The van der Waals surface area contributed by atoms with Gasteiger partial charge in [0.25, 0.3) is 0 Å². The molecular formula is C6H11N3O2. The molecule has 0 bridgehead atoms. The van der Waals surface area contributed by atoms with Crippen LogP contribution in [0.15, 0.2) is 4.52 Å². The molecule has 5 nitrogen and oxygen atoms in total. The predicted molar refractivity (Wildman–Crippen MR) is 37.6 cm³/mol. The summed E-state index contributed by atoms with van der Waals surface area (Å²) < 4.78 is 9.61. The molecule has 1 atom stereocenters. The van der Waals surface area contributed by atoms with E-state index < -0.39 is 0 Å². The van der Waals surface area contributed by atoms with Crippen molar-refractivity contribution in [1.29, 1.82) is 0 Å².